The minimum atomic E-state index is -0.00112. The lowest BCUT2D eigenvalue weighted by Gasteiger charge is -2.33. The average Bonchev–Trinajstić information content (AvgIpc) is 3.03. The van der Waals surface area contributed by atoms with Crippen LogP contribution in [-0.4, -0.2) is 34.3 Å². The first-order valence-corrected chi connectivity index (χ1v) is 8.23. The van der Waals surface area contributed by atoms with Gasteiger partial charge in [-0.05, 0) is 25.0 Å². The molecule has 124 valence electrons. The van der Waals surface area contributed by atoms with Crippen LogP contribution in [-0.2, 0) is 12.0 Å². The maximum Gasteiger partial charge on any atom is 0.208 e. The monoisotopic (exact) mass is 315 g/mol. The summed E-state index contributed by atoms with van der Waals surface area (Å²) in [6.45, 7) is 9.02. The summed E-state index contributed by atoms with van der Waals surface area (Å²) in [5.41, 5.74) is -0.00112. The fraction of sp³-hybridized carbons (Fsp3) is 0.588. The van der Waals surface area contributed by atoms with Crippen LogP contribution in [0.15, 0.2) is 28.9 Å². The summed E-state index contributed by atoms with van der Waals surface area (Å²) >= 11 is 0. The van der Waals surface area contributed by atoms with E-state index in [4.69, 9.17) is 4.42 Å². The van der Waals surface area contributed by atoms with Crippen molar-refractivity contribution in [1.82, 2.24) is 20.5 Å². The Morgan fingerprint density at radius 3 is 2.96 bits per heavy atom. The molecule has 0 saturated carbocycles. The van der Waals surface area contributed by atoms with Gasteiger partial charge < -0.3 is 14.6 Å². The number of hydrogen-bond acceptors (Lipinski definition) is 6. The molecular weight excluding hydrogens is 290 g/mol. The second-order valence-corrected chi connectivity index (χ2v) is 7.12. The standard InChI is InChI=1S/C17H25N5O/c1-17(2,3)14-10-19-16(23-14)11-18-13-6-5-9-22(12-13)15-7-4-8-20-21-15/h4,7-8,10,13,18H,5-6,9,11-12H2,1-3H3/t13-/m0/s1. The molecule has 1 N–H and O–H groups in total. The second kappa shape index (κ2) is 6.66. The van der Waals surface area contributed by atoms with Gasteiger partial charge in [-0.2, -0.15) is 5.10 Å². The molecule has 6 heteroatoms. The lowest BCUT2D eigenvalue weighted by Crippen LogP contribution is -2.45. The van der Waals surface area contributed by atoms with Crippen molar-refractivity contribution < 1.29 is 4.42 Å². The summed E-state index contributed by atoms with van der Waals surface area (Å²) in [4.78, 5) is 6.66. The van der Waals surface area contributed by atoms with E-state index in [-0.39, 0.29) is 5.41 Å². The van der Waals surface area contributed by atoms with E-state index in [1.165, 1.54) is 0 Å². The predicted molar refractivity (Wildman–Crippen MR) is 89.3 cm³/mol. The predicted octanol–water partition coefficient (Wildman–Crippen LogP) is 2.52. The Labute approximate surface area is 137 Å². The lowest BCUT2D eigenvalue weighted by molar-refractivity contribution is 0.352. The van der Waals surface area contributed by atoms with E-state index in [0.29, 0.717) is 12.6 Å². The van der Waals surface area contributed by atoms with Crippen LogP contribution in [0.3, 0.4) is 0 Å². The minimum absolute atomic E-state index is 0.00112. The second-order valence-electron chi connectivity index (χ2n) is 7.12. The SMILES string of the molecule is CC(C)(C)c1cnc(CN[C@H]2CCCN(c3cccnn3)C2)o1. The molecule has 1 aliphatic rings. The summed E-state index contributed by atoms with van der Waals surface area (Å²) in [5.74, 6) is 2.64. The Bertz CT molecular complexity index is 619. The van der Waals surface area contributed by atoms with E-state index in [1.807, 2.05) is 18.3 Å². The maximum absolute atomic E-state index is 5.84. The minimum Gasteiger partial charge on any atom is -0.444 e. The Kier molecular flexibility index (Phi) is 4.61. The summed E-state index contributed by atoms with van der Waals surface area (Å²) < 4.78 is 5.84. The van der Waals surface area contributed by atoms with Crippen LogP contribution in [0, 0.1) is 0 Å². The summed E-state index contributed by atoms with van der Waals surface area (Å²) in [5, 5.41) is 11.7. The molecule has 3 heterocycles. The molecule has 0 aliphatic carbocycles. The van der Waals surface area contributed by atoms with Gasteiger partial charge in [-0.15, -0.1) is 5.10 Å². The third kappa shape index (κ3) is 4.07. The molecule has 1 saturated heterocycles. The Balaban J connectivity index is 1.55. The normalized spacial score (nSPS) is 19.1. The molecule has 0 amide bonds. The fourth-order valence-electron chi connectivity index (χ4n) is 2.78. The molecule has 1 aliphatic heterocycles. The molecular formula is C17H25N5O. The van der Waals surface area contributed by atoms with E-state index < -0.39 is 0 Å². The largest absolute Gasteiger partial charge is 0.444 e. The highest BCUT2D eigenvalue weighted by Crippen LogP contribution is 2.23. The van der Waals surface area contributed by atoms with Crippen molar-refractivity contribution in [2.24, 2.45) is 0 Å². The Morgan fingerprint density at radius 2 is 2.26 bits per heavy atom. The molecule has 0 bridgehead atoms. The van der Waals surface area contributed by atoms with Crippen LogP contribution in [0.4, 0.5) is 5.82 Å². The van der Waals surface area contributed by atoms with Crippen LogP contribution >= 0.6 is 0 Å². The number of rotatable bonds is 4. The molecule has 6 nitrogen and oxygen atoms in total. The van der Waals surface area contributed by atoms with Crippen LogP contribution in [0.25, 0.3) is 0 Å². The number of aromatic nitrogens is 3. The average molecular weight is 315 g/mol. The first kappa shape index (κ1) is 15.9. The van der Waals surface area contributed by atoms with Crippen molar-refractivity contribution in [3.8, 4) is 0 Å². The Morgan fingerprint density at radius 1 is 1.39 bits per heavy atom. The number of hydrogen-bond donors (Lipinski definition) is 1. The van der Waals surface area contributed by atoms with Crippen molar-refractivity contribution in [3.05, 3.63) is 36.2 Å². The molecule has 2 aromatic rings. The van der Waals surface area contributed by atoms with Gasteiger partial charge in [0.2, 0.25) is 5.89 Å². The van der Waals surface area contributed by atoms with Crippen LogP contribution in [0.1, 0.15) is 45.3 Å². The third-order valence-electron chi connectivity index (χ3n) is 4.14. The fourth-order valence-corrected chi connectivity index (χ4v) is 2.78. The van der Waals surface area contributed by atoms with E-state index in [9.17, 15) is 0 Å². The summed E-state index contributed by atoms with van der Waals surface area (Å²) in [6.07, 6.45) is 5.85. The topological polar surface area (TPSA) is 67.1 Å². The zero-order chi connectivity index (χ0) is 16.3. The molecule has 2 aromatic heterocycles. The van der Waals surface area contributed by atoms with Gasteiger partial charge in [-0.1, -0.05) is 20.8 Å². The third-order valence-corrected chi connectivity index (χ3v) is 4.14. The van der Waals surface area contributed by atoms with Crippen LogP contribution < -0.4 is 10.2 Å². The van der Waals surface area contributed by atoms with Gasteiger partial charge in [0.25, 0.3) is 0 Å². The summed E-state index contributed by atoms with van der Waals surface area (Å²) in [7, 11) is 0. The molecule has 0 unspecified atom stereocenters. The molecule has 1 fully saturated rings. The van der Waals surface area contributed by atoms with Crippen molar-refractivity contribution in [3.63, 3.8) is 0 Å². The van der Waals surface area contributed by atoms with Crippen molar-refractivity contribution in [2.45, 2.75) is 51.6 Å². The van der Waals surface area contributed by atoms with E-state index >= 15 is 0 Å². The number of anilines is 1. The van der Waals surface area contributed by atoms with Crippen molar-refractivity contribution in [2.75, 3.05) is 18.0 Å². The zero-order valence-electron chi connectivity index (χ0n) is 14.1. The zero-order valence-corrected chi connectivity index (χ0v) is 14.1. The highest BCUT2D eigenvalue weighted by atomic mass is 16.4. The summed E-state index contributed by atoms with van der Waals surface area (Å²) in [6, 6.07) is 4.36. The van der Waals surface area contributed by atoms with Crippen molar-refractivity contribution in [1.29, 1.82) is 0 Å². The van der Waals surface area contributed by atoms with Gasteiger partial charge >= 0.3 is 0 Å². The first-order valence-electron chi connectivity index (χ1n) is 8.23. The van der Waals surface area contributed by atoms with Crippen LogP contribution in [0.5, 0.6) is 0 Å². The van der Waals surface area contributed by atoms with Gasteiger partial charge in [0.1, 0.15) is 5.76 Å². The molecule has 0 aromatic carbocycles. The smallest absolute Gasteiger partial charge is 0.208 e. The van der Waals surface area contributed by atoms with E-state index in [0.717, 1.165) is 43.4 Å². The number of nitrogens with zero attached hydrogens (tertiary/aromatic N) is 4. The molecule has 1 atom stereocenters. The van der Waals surface area contributed by atoms with Gasteiger partial charge in [0, 0.05) is 30.7 Å². The van der Waals surface area contributed by atoms with E-state index in [2.05, 4.69) is 46.2 Å². The van der Waals surface area contributed by atoms with Crippen molar-refractivity contribution >= 4 is 5.82 Å². The quantitative estimate of drug-likeness (QED) is 0.935. The van der Waals surface area contributed by atoms with Gasteiger partial charge in [-0.25, -0.2) is 4.98 Å². The van der Waals surface area contributed by atoms with Crippen LogP contribution in [0.2, 0.25) is 0 Å². The molecule has 3 rings (SSSR count). The van der Waals surface area contributed by atoms with Gasteiger partial charge in [0.05, 0.1) is 12.7 Å². The van der Waals surface area contributed by atoms with Gasteiger partial charge in [0.15, 0.2) is 5.82 Å². The molecule has 0 radical (unpaired) electrons. The molecule has 0 spiro atoms. The molecule has 23 heavy (non-hydrogen) atoms. The number of oxazole rings is 1. The number of nitrogens with one attached hydrogen (secondary N) is 1. The Hall–Kier alpha value is -1.95. The lowest BCUT2D eigenvalue weighted by atomic mass is 9.94. The van der Waals surface area contributed by atoms with Gasteiger partial charge in [-0.3, -0.25) is 0 Å². The maximum atomic E-state index is 5.84. The number of piperidine rings is 1. The first-order chi connectivity index (χ1) is 11.0. The van der Waals surface area contributed by atoms with E-state index in [1.54, 1.807) is 6.20 Å². The highest BCUT2D eigenvalue weighted by molar-refractivity contribution is 5.37. The highest BCUT2D eigenvalue weighted by Gasteiger charge is 2.22.